The first-order valence-electron chi connectivity index (χ1n) is 8.30. The monoisotopic (exact) mass is 320 g/mol. The van der Waals surface area contributed by atoms with E-state index < -0.39 is 0 Å². The van der Waals surface area contributed by atoms with Gasteiger partial charge in [0.25, 0.3) is 5.91 Å². The number of benzene rings is 1. The summed E-state index contributed by atoms with van der Waals surface area (Å²) in [5.41, 5.74) is 3.59. The Labute approximate surface area is 140 Å². The number of fused-ring (bicyclic) bond motifs is 1. The van der Waals surface area contributed by atoms with Crippen LogP contribution >= 0.6 is 0 Å². The molecule has 1 amide bonds. The van der Waals surface area contributed by atoms with E-state index in [-0.39, 0.29) is 11.9 Å². The van der Waals surface area contributed by atoms with E-state index in [0.717, 1.165) is 41.9 Å². The number of aromatic nitrogens is 3. The minimum Gasteiger partial charge on any atom is -0.331 e. The molecule has 1 atom stereocenters. The fraction of sp³-hybridized carbons (Fsp3) is 0.316. The first kappa shape index (κ1) is 14.9. The van der Waals surface area contributed by atoms with Gasteiger partial charge in [-0.3, -0.25) is 9.78 Å². The molecule has 1 aliphatic rings. The molecule has 1 aliphatic heterocycles. The lowest BCUT2D eigenvalue weighted by molar-refractivity contribution is 0.0733. The average Bonchev–Trinajstić information content (AvgIpc) is 3.20. The normalized spacial score (nSPS) is 17.6. The molecule has 122 valence electrons. The van der Waals surface area contributed by atoms with Gasteiger partial charge < -0.3 is 9.47 Å². The van der Waals surface area contributed by atoms with Crippen molar-refractivity contribution in [3.8, 4) is 0 Å². The molecule has 5 nitrogen and oxygen atoms in total. The summed E-state index contributed by atoms with van der Waals surface area (Å²) >= 11 is 0. The molecule has 1 aromatic carbocycles. The van der Waals surface area contributed by atoms with Gasteiger partial charge in [0.15, 0.2) is 0 Å². The van der Waals surface area contributed by atoms with Crippen LogP contribution in [0, 0.1) is 6.92 Å². The number of imidazole rings is 1. The van der Waals surface area contributed by atoms with Crippen molar-refractivity contribution in [3.63, 3.8) is 0 Å². The van der Waals surface area contributed by atoms with Gasteiger partial charge in [-0.15, -0.1) is 0 Å². The van der Waals surface area contributed by atoms with E-state index in [1.165, 1.54) is 0 Å². The predicted molar refractivity (Wildman–Crippen MR) is 92.7 cm³/mol. The molecule has 1 fully saturated rings. The summed E-state index contributed by atoms with van der Waals surface area (Å²) in [4.78, 5) is 24.0. The molecule has 0 N–H and O–H groups in total. The van der Waals surface area contributed by atoms with Gasteiger partial charge in [0.05, 0.1) is 22.8 Å². The number of nitrogens with zero attached hydrogens (tertiary/aromatic N) is 4. The molecule has 24 heavy (non-hydrogen) atoms. The number of pyridine rings is 1. The highest BCUT2D eigenvalue weighted by Crippen LogP contribution is 2.32. The third-order valence-corrected chi connectivity index (χ3v) is 4.89. The minimum atomic E-state index is 0.0633. The second-order valence-corrected chi connectivity index (χ2v) is 6.33. The van der Waals surface area contributed by atoms with Crippen molar-refractivity contribution in [2.75, 3.05) is 6.54 Å². The second kappa shape index (κ2) is 5.74. The lowest BCUT2D eigenvalue weighted by Gasteiger charge is -2.24. The topological polar surface area (TPSA) is 51.0 Å². The number of aryl methyl sites for hydroxylation is 2. The fourth-order valence-corrected chi connectivity index (χ4v) is 3.51. The molecular formula is C19H20N4O. The van der Waals surface area contributed by atoms with Gasteiger partial charge >= 0.3 is 0 Å². The smallest absolute Gasteiger partial charge is 0.254 e. The van der Waals surface area contributed by atoms with Gasteiger partial charge in [-0.05, 0) is 50.1 Å². The van der Waals surface area contributed by atoms with Crippen LogP contribution in [-0.2, 0) is 7.05 Å². The molecule has 0 bridgehead atoms. The van der Waals surface area contributed by atoms with Crippen LogP contribution in [-0.4, -0.2) is 31.9 Å². The van der Waals surface area contributed by atoms with E-state index in [9.17, 15) is 4.79 Å². The Bertz CT molecular complexity index is 900. The molecule has 0 radical (unpaired) electrons. The molecule has 5 heteroatoms. The van der Waals surface area contributed by atoms with Crippen LogP contribution in [0.15, 0.2) is 42.6 Å². The highest BCUT2D eigenvalue weighted by Gasteiger charge is 2.31. The first-order valence-corrected chi connectivity index (χ1v) is 8.30. The quantitative estimate of drug-likeness (QED) is 0.728. The standard InChI is InChI=1S/C19H20N4O/c1-13-21-16-12-14(8-9-17(16)22(13)2)19(24)23-11-5-7-18(23)15-6-3-4-10-20-15/h3-4,6,8-10,12,18H,5,7,11H2,1-2H3/t18-/m1/s1. The Kier molecular flexibility index (Phi) is 3.56. The number of likely N-dealkylation sites (tertiary alicyclic amines) is 1. The van der Waals surface area contributed by atoms with E-state index in [0.29, 0.717) is 5.56 Å². The van der Waals surface area contributed by atoms with E-state index in [4.69, 9.17) is 0 Å². The van der Waals surface area contributed by atoms with Gasteiger partial charge in [0.2, 0.25) is 0 Å². The second-order valence-electron chi connectivity index (χ2n) is 6.33. The first-order chi connectivity index (χ1) is 11.6. The highest BCUT2D eigenvalue weighted by molar-refractivity contribution is 5.97. The van der Waals surface area contributed by atoms with Gasteiger partial charge in [-0.1, -0.05) is 6.07 Å². The Hall–Kier alpha value is -2.69. The summed E-state index contributed by atoms with van der Waals surface area (Å²) in [6, 6.07) is 11.7. The summed E-state index contributed by atoms with van der Waals surface area (Å²) in [6.45, 7) is 2.75. The minimum absolute atomic E-state index is 0.0633. The van der Waals surface area contributed by atoms with Crippen molar-refractivity contribution in [3.05, 3.63) is 59.7 Å². The predicted octanol–water partition coefficient (Wildman–Crippen LogP) is 3.25. The van der Waals surface area contributed by atoms with Crippen molar-refractivity contribution < 1.29 is 4.79 Å². The molecule has 1 saturated heterocycles. The van der Waals surface area contributed by atoms with Gasteiger partial charge in [0.1, 0.15) is 5.82 Å². The molecule has 0 saturated carbocycles. The Balaban J connectivity index is 1.67. The molecule has 0 aliphatic carbocycles. The summed E-state index contributed by atoms with van der Waals surface area (Å²) in [5, 5.41) is 0. The number of carbonyl (C=O) groups is 1. The van der Waals surface area contributed by atoms with E-state index >= 15 is 0 Å². The maximum atomic E-state index is 13.0. The van der Waals surface area contributed by atoms with Crippen LogP contribution < -0.4 is 0 Å². The van der Waals surface area contributed by atoms with Crippen molar-refractivity contribution >= 4 is 16.9 Å². The summed E-state index contributed by atoms with van der Waals surface area (Å²) < 4.78 is 2.04. The maximum absolute atomic E-state index is 13.0. The molecule has 2 aromatic heterocycles. The van der Waals surface area contributed by atoms with Gasteiger partial charge in [-0.2, -0.15) is 0 Å². The number of carbonyl (C=O) groups excluding carboxylic acids is 1. The zero-order valence-corrected chi connectivity index (χ0v) is 13.9. The Morgan fingerprint density at radius 3 is 2.92 bits per heavy atom. The van der Waals surface area contributed by atoms with Crippen molar-refractivity contribution in [1.29, 1.82) is 0 Å². The summed E-state index contributed by atoms with van der Waals surface area (Å²) in [7, 11) is 1.99. The third kappa shape index (κ3) is 2.37. The van der Waals surface area contributed by atoms with Crippen LogP contribution in [0.25, 0.3) is 11.0 Å². The lowest BCUT2D eigenvalue weighted by atomic mass is 10.1. The fourth-order valence-electron chi connectivity index (χ4n) is 3.51. The zero-order valence-electron chi connectivity index (χ0n) is 13.9. The average molecular weight is 320 g/mol. The Morgan fingerprint density at radius 2 is 2.12 bits per heavy atom. The van der Waals surface area contributed by atoms with Crippen LogP contribution in [0.5, 0.6) is 0 Å². The van der Waals surface area contributed by atoms with Gasteiger partial charge in [0, 0.05) is 25.4 Å². The van der Waals surface area contributed by atoms with E-state index in [1.54, 1.807) is 6.20 Å². The lowest BCUT2D eigenvalue weighted by Crippen LogP contribution is -2.30. The van der Waals surface area contributed by atoms with E-state index in [1.807, 2.05) is 59.8 Å². The largest absolute Gasteiger partial charge is 0.331 e. The number of hydrogen-bond acceptors (Lipinski definition) is 3. The maximum Gasteiger partial charge on any atom is 0.254 e. The molecule has 0 unspecified atom stereocenters. The van der Waals surface area contributed by atoms with Crippen molar-refractivity contribution in [1.82, 2.24) is 19.4 Å². The molecule has 3 aromatic rings. The summed E-state index contributed by atoms with van der Waals surface area (Å²) in [6.07, 6.45) is 3.77. The third-order valence-electron chi connectivity index (χ3n) is 4.89. The molecular weight excluding hydrogens is 300 g/mol. The Morgan fingerprint density at radius 1 is 1.25 bits per heavy atom. The zero-order chi connectivity index (χ0) is 16.7. The van der Waals surface area contributed by atoms with Crippen LogP contribution in [0.3, 0.4) is 0 Å². The number of rotatable bonds is 2. The van der Waals surface area contributed by atoms with Crippen LogP contribution in [0.4, 0.5) is 0 Å². The van der Waals surface area contributed by atoms with Crippen molar-refractivity contribution in [2.45, 2.75) is 25.8 Å². The SMILES string of the molecule is Cc1nc2cc(C(=O)N3CCC[C@@H]3c3ccccn3)ccc2n1C. The van der Waals surface area contributed by atoms with Gasteiger partial charge in [-0.25, -0.2) is 4.98 Å². The highest BCUT2D eigenvalue weighted by atomic mass is 16.2. The van der Waals surface area contributed by atoms with Crippen LogP contribution in [0.1, 0.15) is 40.8 Å². The molecule has 4 rings (SSSR count). The number of amides is 1. The molecule has 0 spiro atoms. The van der Waals surface area contributed by atoms with Crippen LogP contribution in [0.2, 0.25) is 0 Å². The summed E-state index contributed by atoms with van der Waals surface area (Å²) in [5.74, 6) is 1.01. The molecule has 3 heterocycles. The number of hydrogen-bond donors (Lipinski definition) is 0. The van der Waals surface area contributed by atoms with E-state index in [2.05, 4.69) is 9.97 Å². The van der Waals surface area contributed by atoms with Crippen molar-refractivity contribution in [2.24, 2.45) is 7.05 Å².